The smallest absolute Gasteiger partial charge is 0.305 e. The molecule has 0 bridgehead atoms. The molecule has 0 spiro atoms. The summed E-state index contributed by atoms with van der Waals surface area (Å²) < 4.78 is 42.5. The molecule has 0 aliphatic rings. The summed E-state index contributed by atoms with van der Waals surface area (Å²) in [6.07, 6.45) is 1.90. The van der Waals surface area contributed by atoms with E-state index in [4.69, 9.17) is 60.5 Å². The maximum Gasteiger partial charge on any atom is 0.305 e. The molecule has 0 aliphatic heterocycles. The summed E-state index contributed by atoms with van der Waals surface area (Å²) in [5.41, 5.74) is 16.5. The summed E-state index contributed by atoms with van der Waals surface area (Å²) in [5, 5.41) is 49.9. The summed E-state index contributed by atoms with van der Waals surface area (Å²) in [7, 11) is 0. The number of nitrogens with two attached hydrogens (primary N) is 3. The standard InChI is InChI=1S/C63H107N17O23S3/c1-41(56(89)71-18-22-99-26-30-101-29-25-98-21-17-70-53(85)37-103-36-52(84)69-16-20-97-24-28-100-27-23-96-19-15-68-51(83)35-102-34-49(65)81)74-59(92)45(31-42-9-4-3-5-10-42)78-62(95)48(39-105)80-60(93)46(32-55(87)88)76-50(82)33-73-57(90)43(12-8-14-72-63(66)67)77-61(94)47(38-104)79-58(91)44(11-6-7-13-64)75-54(86)40-106-2/h3-5,9-10,41,43-48,104-105H,6-8,11-40,64H2,1-2H3,(H2,65,81)(H,68,83)(H,69,84)(H,70,85)(H,71,89)(H,73,90)(H,74,92)(H,75,86)(H,76,82)(H,77,94)(H,78,95)(H,79,91)(H,80,93)(H,87,88)(H4,66,67,72)/t41-,43-,44-,45-,46-,47-,48-/m0/s1. The Bertz CT molecular complexity index is 2850. The van der Waals surface area contributed by atoms with Gasteiger partial charge in [0.25, 0.3) is 0 Å². The summed E-state index contributed by atoms with van der Waals surface area (Å²) in [6.45, 7) is 3.02. The predicted octanol–water partition coefficient (Wildman–Crippen LogP) is -8.07. The number of thioether (sulfide) groups is 1. The van der Waals surface area contributed by atoms with Gasteiger partial charge in [0.05, 0.1) is 98.0 Å². The number of amides is 13. The first-order valence-electron chi connectivity index (χ1n) is 33.9. The average molecular weight is 1570 g/mol. The van der Waals surface area contributed by atoms with Crippen molar-refractivity contribution in [1.82, 2.24) is 69.1 Å². The topological polar surface area (TPSA) is 591 Å². The van der Waals surface area contributed by atoms with Crippen LogP contribution in [-0.2, 0) is 111 Å². The van der Waals surface area contributed by atoms with Crippen molar-refractivity contribution in [2.24, 2.45) is 17.2 Å². The molecule has 600 valence electrons. The van der Waals surface area contributed by atoms with Gasteiger partial charge >= 0.3 is 5.97 Å². The molecule has 1 rings (SSSR count). The summed E-state index contributed by atoms with van der Waals surface area (Å²) in [4.78, 5) is 179. The van der Waals surface area contributed by atoms with E-state index < -0.39 is 144 Å². The van der Waals surface area contributed by atoms with Gasteiger partial charge < -0.3 is 129 Å². The SMILES string of the molecule is CSCC(=O)N[C@@H](CCCCN)C(=O)N[C@@H](CS)C(=O)N[C@@H](CCCNC(=N)N)C(=O)NCC(=O)N[C@@H](CC(=O)O)C(=O)N[C@@H](CS)C(=O)N[C@@H](Cc1ccccc1)C(=O)N[C@@H](C)C(=O)NCCOCCOCCOCCNC(=O)COCC(=O)NCCOCCOCCOCCNC(=O)COCC(N)=O. The van der Waals surface area contributed by atoms with Crippen molar-refractivity contribution < 1.29 is 110 Å². The van der Waals surface area contributed by atoms with E-state index in [0.29, 0.717) is 44.8 Å². The first-order chi connectivity index (χ1) is 50.8. The largest absolute Gasteiger partial charge is 0.481 e. The van der Waals surface area contributed by atoms with Crippen LogP contribution in [0.2, 0.25) is 0 Å². The zero-order chi connectivity index (χ0) is 78.7. The number of thiol groups is 2. The molecule has 0 heterocycles. The zero-order valence-electron chi connectivity index (χ0n) is 59.7. The second-order valence-electron chi connectivity index (χ2n) is 22.8. The highest BCUT2D eigenvalue weighted by Crippen LogP contribution is 2.08. The van der Waals surface area contributed by atoms with Crippen molar-refractivity contribution >= 4 is 126 Å². The average Bonchev–Trinajstić information content (AvgIpc) is 0.872. The van der Waals surface area contributed by atoms with Crippen LogP contribution in [0.4, 0.5) is 0 Å². The Balaban J connectivity index is 2.58. The van der Waals surface area contributed by atoms with Gasteiger partial charge in [0.1, 0.15) is 68.7 Å². The van der Waals surface area contributed by atoms with Gasteiger partial charge in [-0.15, -0.1) is 0 Å². The molecule has 13 amide bonds. The zero-order valence-corrected chi connectivity index (χ0v) is 62.3. The number of carboxylic acids is 1. The first-order valence-corrected chi connectivity index (χ1v) is 36.6. The number of ether oxygens (including phenoxy) is 8. The third kappa shape index (κ3) is 49.5. The van der Waals surface area contributed by atoms with Crippen LogP contribution in [0.1, 0.15) is 51.0 Å². The summed E-state index contributed by atoms with van der Waals surface area (Å²) in [5.74, 6) is -11.9. The highest BCUT2D eigenvalue weighted by Gasteiger charge is 2.33. The fraction of sp³-hybridized carbons (Fsp3) is 0.667. The molecule has 0 saturated heterocycles. The molecule has 1 aromatic carbocycles. The van der Waals surface area contributed by atoms with Crippen molar-refractivity contribution in [2.75, 3.05) is 175 Å². The molecule has 21 N–H and O–H groups in total. The van der Waals surface area contributed by atoms with Crippen LogP contribution in [-0.4, -0.2) is 311 Å². The molecular weight excluding hydrogens is 1460 g/mol. The molecule has 0 saturated carbocycles. The van der Waals surface area contributed by atoms with Crippen molar-refractivity contribution in [3.05, 3.63) is 35.9 Å². The van der Waals surface area contributed by atoms with E-state index >= 15 is 0 Å². The third-order valence-corrected chi connectivity index (χ3v) is 15.2. The van der Waals surface area contributed by atoms with E-state index in [0.717, 1.165) is 0 Å². The number of benzene rings is 1. The molecule has 40 nitrogen and oxygen atoms in total. The second-order valence-corrected chi connectivity index (χ2v) is 24.3. The van der Waals surface area contributed by atoms with E-state index in [1.807, 2.05) is 0 Å². The number of guanidine groups is 1. The van der Waals surface area contributed by atoms with Gasteiger partial charge in [0, 0.05) is 50.7 Å². The molecule has 0 radical (unpaired) electrons. The lowest BCUT2D eigenvalue weighted by Crippen LogP contribution is -2.59. The number of nitrogens with one attached hydrogen (secondary N) is 14. The molecule has 0 aromatic heterocycles. The second kappa shape index (κ2) is 60.8. The minimum absolute atomic E-state index is 0.0457. The Labute approximate surface area is 629 Å². The molecule has 0 fully saturated rings. The van der Waals surface area contributed by atoms with E-state index in [2.05, 4.69) is 94.4 Å². The van der Waals surface area contributed by atoms with E-state index in [9.17, 15) is 72.2 Å². The number of hydrogen-bond acceptors (Lipinski definition) is 27. The molecule has 0 unspecified atom stereocenters. The Kier molecular flexibility index (Phi) is 55.0. The molecule has 7 atom stereocenters. The van der Waals surface area contributed by atoms with E-state index in [1.54, 1.807) is 36.6 Å². The first kappa shape index (κ1) is 95.8. The number of carboxylic acid groups (broad SMARTS) is 1. The van der Waals surface area contributed by atoms with Crippen LogP contribution in [0, 0.1) is 5.41 Å². The van der Waals surface area contributed by atoms with Crippen molar-refractivity contribution in [3.8, 4) is 0 Å². The molecule has 1 aromatic rings. The quantitative estimate of drug-likeness (QED) is 0.0125. The fourth-order valence-corrected chi connectivity index (χ4v) is 9.53. The van der Waals surface area contributed by atoms with Gasteiger partial charge in [0.15, 0.2) is 5.96 Å². The molecular formula is C63H107N17O23S3. The summed E-state index contributed by atoms with van der Waals surface area (Å²) in [6, 6.07) is -1.11. The van der Waals surface area contributed by atoms with Crippen molar-refractivity contribution in [3.63, 3.8) is 0 Å². The van der Waals surface area contributed by atoms with Gasteiger partial charge in [-0.05, 0) is 57.4 Å². The summed E-state index contributed by atoms with van der Waals surface area (Å²) >= 11 is 9.66. The maximum absolute atomic E-state index is 13.8. The van der Waals surface area contributed by atoms with Crippen molar-refractivity contribution in [2.45, 2.75) is 94.2 Å². The van der Waals surface area contributed by atoms with Gasteiger partial charge in [-0.25, -0.2) is 0 Å². The van der Waals surface area contributed by atoms with E-state index in [-0.39, 0.29) is 162 Å². The predicted molar refractivity (Wildman–Crippen MR) is 391 cm³/mol. The number of aliphatic carboxylic acids is 1. The number of carbonyl (C=O) groups excluding carboxylic acids is 13. The monoisotopic (exact) mass is 1570 g/mol. The number of rotatable bonds is 64. The van der Waals surface area contributed by atoms with Gasteiger partial charge in [-0.3, -0.25) is 72.5 Å². The molecule has 43 heteroatoms. The Morgan fingerprint density at radius 2 is 0.858 bits per heavy atom. The van der Waals surface area contributed by atoms with Gasteiger partial charge in [-0.2, -0.15) is 37.0 Å². The normalized spacial score (nSPS) is 12.9. The third-order valence-electron chi connectivity index (χ3n) is 13.9. The number of unbranched alkanes of at least 4 members (excludes halogenated alkanes) is 1. The number of carbonyl (C=O) groups is 14. The van der Waals surface area contributed by atoms with Crippen LogP contribution >= 0.6 is 37.0 Å². The lowest BCUT2D eigenvalue weighted by molar-refractivity contribution is -0.141. The van der Waals surface area contributed by atoms with Crippen molar-refractivity contribution in [1.29, 1.82) is 5.41 Å². The van der Waals surface area contributed by atoms with Crippen LogP contribution < -0.4 is 86.3 Å². The van der Waals surface area contributed by atoms with Crippen LogP contribution in [0.5, 0.6) is 0 Å². The Hall–Kier alpha value is -8.24. The number of hydrogen-bond donors (Lipinski definition) is 20. The Morgan fingerprint density at radius 3 is 1.32 bits per heavy atom. The lowest BCUT2D eigenvalue weighted by atomic mass is 10.0. The van der Waals surface area contributed by atoms with Gasteiger partial charge in [0.2, 0.25) is 76.8 Å². The minimum atomic E-state index is -1.84. The maximum atomic E-state index is 13.8. The highest BCUT2D eigenvalue weighted by atomic mass is 32.2. The lowest BCUT2D eigenvalue weighted by Gasteiger charge is -2.25. The minimum Gasteiger partial charge on any atom is -0.481 e. The van der Waals surface area contributed by atoms with E-state index in [1.165, 1.54) is 18.7 Å². The van der Waals surface area contributed by atoms with Crippen LogP contribution in [0.25, 0.3) is 0 Å². The van der Waals surface area contributed by atoms with Gasteiger partial charge in [-0.1, -0.05) is 30.3 Å². The molecule has 0 aliphatic carbocycles. The fourth-order valence-electron chi connectivity index (χ4n) is 8.67. The molecule has 106 heavy (non-hydrogen) atoms. The van der Waals surface area contributed by atoms with Crippen LogP contribution in [0.3, 0.4) is 0 Å². The number of primary amides is 1. The van der Waals surface area contributed by atoms with Crippen LogP contribution in [0.15, 0.2) is 30.3 Å². The Morgan fingerprint density at radius 1 is 0.443 bits per heavy atom. The highest BCUT2D eigenvalue weighted by molar-refractivity contribution is 7.99.